The Morgan fingerprint density at radius 2 is 1.82 bits per heavy atom. The lowest BCUT2D eigenvalue weighted by Gasteiger charge is -2.06. The summed E-state index contributed by atoms with van der Waals surface area (Å²) in [5, 5.41) is 18.1. The van der Waals surface area contributed by atoms with Crippen LogP contribution in [0, 0.1) is 0 Å². The maximum atomic E-state index is 9.21. The molecule has 1 aromatic rings. The number of phenolic OH excluding ortho intramolecular Hbond substituents is 1. The molecule has 0 amide bonds. The molecule has 0 aromatic heterocycles. The van der Waals surface area contributed by atoms with Crippen molar-refractivity contribution in [1.29, 1.82) is 0 Å². The monoisotopic (exact) mass is 153 g/mol. The zero-order valence-electron chi connectivity index (χ0n) is 6.07. The van der Waals surface area contributed by atoms with E-state index in [1.165, 1.54) is 12.1 Å². The Kier molecular flexibility index (Phi) is 2.46. The van der Waals surface area contributed by atoms with Crippen LogP contribution in [0.25, 0.3) is 0 Å². The third-order valence-corrected chi connectivity index (χ3v) is 1.50. The van der Waals surface area contributed by atoms with Gasteiger partial charge >= 0.3 is 0 Å². The van der Waals surface area contributed by atoms with E-state index in [-0.39, 0.29) is 12.3 Å². The van der Waals surface area contributed by atoms with Crippen LogP contribution in [-0.4, -0.2) is 16.8 Å². The SMILES string of the molecule is NC[C@@H](O)c1ccc(O)cc1. The first-order valence-electron chi connectivity index (χ1n) is 3.41. The molecule has 3 nitrogen and oxygen atoms in total. The van der Waals surface area contributed by atoms with Crippen LogP contribution >= 0.6 is 0 Å². The molecule has 11 heavy (non-hydrogen) atoms. The standard InChI is InChI=1S/C8H11NO2/c9-5-8(11)6-1-3-7(10)4-2-6/h1-4,8,10-11H,5,9H2/t8-/m1/s1. The van der Waals surface area contributed by atoms with Crippen molar-refractivity contribution in [1.82, 2.24) is 0 Å². The highest BCUT2D eigenvalue weighted by atomic mass is 16.3. The van der Waals surface area contributed by atoms with E-state index in [0.29, 0.717) is 0 Å². The first-order valence-corrected chi connectivity index (χ1v) is 3.41. The minimum Gasteiger partial charge on any atom is -0.508 e. The number of hydrogen-bond acceptors (Lipinski definition) is 3. The van der Waals surface area contributed by atoms with Crippen LogP contribution in [0.2, 0.25) is 0 Å². The zero-order valence-corrected chi connectivity index (χ0v) is 6.07. The Balaban J connectivity index is 2.81. The van der Waals surface area contributed by atoms with Gasteiger partial charge in [-0.15, -0.1) is 0 Å². The maximum Gasteiger partial charge on any atom is 0.115 e. The van der Waals surface area contributed by atoms with Crippen molar-refractivity contribution >= 4 is 0 Å². The fourth-order valence-electron chi connectivity index (χ4n) is 0.833. The smallest absolute Gasteiger partial charge is 0.115 e. The second-order valence-corrected chi connectivity index (χ2v) is 2.34. The van der Waals surface area contributed by atoms with Gasteiger partial charge in [0.1, 0.15) is 5.75 Å². The highest BCUT2D eigenvalue weighted by Crippen LogP contribution is 2.15. The molecule has 1 atom stereocenters. The molecule has 0 unspecified atom stereocenters. The normalized spacial score (nSPS) is 12.9. The summed E-state index contributed by atoms with van der Waals surface area (Å²) in [6.07, 6.45) is -0.629. The molecule has 4 N–H and O–H groups in total. The molecule has 0 saturated heterocycles. The molecule has 0 bridgehead atoms. The van der Waals surface area contributed by atoms with E-state index in [2.05, 4.69) is 0 Å². The number of hydrogen-bond donors (Lipinski definition) is 3. The molecule has 1 rings (SSSR count). The predicted octanol–water partition coefficient (Wildman–Crippen LogP) is 0.384. The number of rotatable bonds is 2. The number of benzene rings is 1. The Morgan fingerprint density at radius 1 is 1.27 bits per heavy atom. The third-order valence-electron chi connectivity index (χ3n) is 1.50. The molecule has 0 radical (unpaired) electrons. The number of aliphatic hydroxyl groups is 1. The van der Waals surface area contributed by atoms with Gasteiger partial charge in [0.2, 0.25) is 0 Å². The van der Waals surface area contributed by atoms with Crippen LogP contribution < -0.4 is 5.73 Å². The molecule has 0 fully saturated rings. The first kappa shape index (κ1) is 8.04. The van der Waals surface area contributed by atoms with Crippen molar-refractivity contribution in [3.05, 3.63) is 29.8 Å². The predicted molar refractivity (Wildman–Crippen MR) is 42.1 cm³/mol. The van der Waals surface area contributed by atoms with Gasteiger partial charge in [0.25, 0.3) is 0 Å². The molecule has 0 heterocycles. The largest absolute Gasteiger partial charge is 0.508 e. The van der Waals surface area contributed by atoms with Gasteiger partial charge in [-0.1, -0.05) is 12.1 Å². The van der Waals surface area contributed by atoms with Gasteiger partial charge in [-0.05, 0) is 17.7 Å². The van der Waals surface area contributed by atoms with Gasteiger partial charge in [-0.25, -0.2) is 0 Å². The maximum absolute atomic E-state index is 9.21. The van der Waals surface area contributed by atoms with Crippen molar-refractivity contribution < 1.29 is 10.2 Å². The van der Waals surface area contributed by atoms with E-state index in [1.807, 2.05) is 0 Å². The lowest BCUT2D eigenvalue weighted by molar-refractivity contribution is 0.186. The minimum absolute atomic E-state index is 0.193. The summed E-state index contributed by atoms with van der Waals surface area (Å²) in [5.74, 6) is 0.193. The molecular formula is C8H11NO2. The fourth-order valence-corrected chi connectivity index (χ4v) is 0.833. The van der Waals surface area contributed by atoms with Gasteiger partial charge in [0.05, 0.1) is 6.10 Å². The number of nitrogens with two attached hydrogens (primary N) is 1. The first-order chi connectivity index (χ1) is 5.24. The van der Waals surface area contributed by atoms with Crippen molar-refractivity contribution in [2.75, 3.05) is 6.54 Å². The van der Waals surface area contributed by atoms with E-state index < -0.39 is 6.10 Å². The minimum atomic E-state index is -0.629. The molecule has 0 spiro atoms. The van der Waals surface area contributed by atoms with E-state index in [4.69, 9.17) is 10.8 Å². The zero-order chi connectivity index (χ0) is 8.27. The van der Waals surface area contributed by atoms with Crippen LogP contribution in [0.4, 0.5) is 0 Å². The van der Waals surface area contributed by atoms with Crippen molar-refractivity contribution in [2.45, 2.75) is 6.10 Å². The molecule has 60 valence electrons. The summed E-state index contributed by atoms with van der Waals surface area (Å²) in [5.41, 5.74) is 5.96. The van der Waals surface area contributed by atoms with E-state index in [1.54, 1.807) is 12.1 Å². The van der Waals surface area contributed by atoms with Crippen LogP contribution in [0.3, 0.4) is 0 Å². The van der Waals surface area contributed by atoms with Gasteiger partial charge < -0.3 is 15.9 Å². The van der Waals surface area contributed by atoms with Crippen LogP contribution in [0.15, 0.2) is 24.3 Å². The summed E-state index contributed by atoms with van der Waals surface area (Å²) >= 11 is 0. The van der Waals surface area contributed by atoms with Crippen LogP contribution in [-0.2, 0) is 0 Å². The topological polar surface area (TPSA) is 66.5 Å². The van der Waals surface area contributed by atoms with E-state index >= 15 is 0 Å². The number of aliphatic hydroxyl groups excluding tert-OH is 1. The van der Waals surface area contributed by atoms with Crippen LogP contribution in [0.1, 0.15) is 11.7 Å². The second kappa shape index (κ2) is 3.37. The lowest BCUT2D eigenvalue weighted by atomic mass is 10.1. The van der Waals surface area contributed by atoms with Crippen molar-refractivity contribution in [3.8, 4) is 5.75 Å². The number of phenols is 1. The Bertz CT molecular complexity index is 220. The molecule has 3 heteroatoms. The van der Waals surface area contributed by atoms with Crippen molar-refractivity contribution in [2.24, 2.45) is 5.73 Å². The van der Waals surface area contributed by atoms with Crippen LogP contribution in [0.5, 0.6) is 5.75 Å². The fraction of sp³-hybridized carbons (Fsp3) is 0.250. The number of aromatic hydroxyl groups is 1. The second-order valence-electron chi connectivity index (χ2n) is 2.34. The summed E-state index contributed by atoms with van der Waals surface area (Å²) in [4.78, 5) is 0. The van der Waals surface area contributed by atoms with Gasteiger partial charge in [-0.2, -0.15) is 0 Å². The Hall–Kier alpha value is -1.06. The van der Waals surface area contributed by atoms with E-state index in [0.717, 1.165) is 5.56 Å². The molecule has 1 aromatic carbocycles. The molecule has 0 aliphatic rings. The summed E-state index contributed by atoms with van der Waals surface area (Å²) in [6.45, 7) is 0.199. The summed E-state index contributed by atoms with van der Waals surface area (Å²) < 4.78 is 0. The Morgan fingerprint density at radius 3 is 2.27 bits per heavy atom. The molecule has 0 aliphatic heterocycles. The molecule has 0 saturated carbocycles. The summed E-state index contributed by atoms with van der Waals surface area (Å²) in [7, 11) is 0. The molecule has 0 aliphatic carbocycles. The highest BCUT2D eigenvalue weighted by molar-refractivity contribution is 5.27. The van der Waals surface area contributed by atoms with Gasteiger partial charge in [0.15, 0.2) is 0 Å². The average molecular weight is 153 g/mol. The molecular weight excluding hydrogens is 142 g/mol. The van der Waals surface area contributed by atoms with Gasteiger partial charge in [-0.3, -0.25) is 0 Å². The van der Waals surface area contributed by atoms with Crippen molar-refractivity contribution in [3.63, 3.8) is 0 Å². The average Bonchev–Trinajstić information content (AvgIpc) is 2.05. The van der Waals surface area contributed by atoms with E-state index in [9.17, 15) is 5.11 Å². The lowest BCUT2D eigenvalue weighted by Crippen LogP contribution is -2.10. The summed E-state index contributed by atoms with van der Waals surface area (Å²) in [6, 6.07) is 6.34. The third kappa shape index (κ3) is 1.93. The Labute approximate surface area is 65.1 Å². The highest BCUT2D eigenvalue weighted by Gasteiger charge is 2.02. The van der Waals surface area contributed by atoms with Gasteiger partial charge in [0, 0.05) is 6.54 Å². The quantitative estimate of drug-likeness (QED) is 0.575.